The molecule has 1 aromatic heterocycles. The fraction of sp³-hybridized carbons (Fsp3) is 0.312. The van der Waals surface area contributed by atoms with E-state index in [0.29, 0.717) is 11.6 Å². The van der Waals surface area contributed by atoms with Gasteiger partial charge in [0.05, 0.1) is 0 Å². The molecule has 0 saturated carbocycles. The minimum Gasteiger partial charge on any atom is -0.360 e. The first-order valence-corrected chi connectivity index (χ1v) is 7.02. The fourth-order valence-corrected chi connectivity index (χ4v) is 2.08. The molecule has 1 heterocycles. The van der Waals surface area contributed by atoms with Crippen LogP contribution in [0.2, 0.25) is 0 Å². The average molecular weight is 301 g/mol. The Morgan fingerprint density at radius 1 is 1.23 bits per heavy atom. The van der Waals surface area contributed by atoms with E-state index in [1.54, 1.807) is 24.9 Å². The Hall–Kier alpha value is -2.63. The number of hydrogen-bond acceptors (Lipinski definition) is 4. The summed E-state index contributed by atoms with van der Waals surface area (Å²) in [5.74, 6) is 0.801. The molecule has 0 radical (unpaired) electrons. The van der Waals surface area contributed by atoms with Gasteiger partial charge in [-0.25, -0.2) is 0 Å². The van der Waals surface area contributed by atoms with Crippen molar-refractivity contribution in [2.45, 2.75) is 20.3 Å². The van der Waals surface area contributed by atoms with Gasteiger partial charge in [0.2, 0.25) is 11.8 Å². The van der Waals surface area contributed by atoms with Gasteiger partial charge in [0.15, 0.2) is 5.82 Å². The third kappa shape index (κ3) is 3.72. The molecule has 0 saturated heterocycles. The molecule has 1 aromatic carbocycles. The highest BCUT2D eigenvalue weighted by Gasteiger charge is 2.18. The lowest BCUT2D eigenvalue weighted by Gasteiger charge is -2.21. The zero-order valence-corrected chi connectivity index (χ0v) is 12.9. The molecule has 0 bridgehead atoms. The molecule has 2 aromatic rings. The van der Waals surface area contributed by atoms with E-state index in [-0.39, 0.29) is 24.8 Å². The molecule has 6 nitrogen and oxygen atoms in total. The highest BCUT2D eigenvalue weighted by atomic mass is 16.5. The van der Waals surface area contributed by atoms with Crippen LogP contribution in [0.1, 0.15) is 19.1 Å². The zero-order chi connectivity index (χ0) is 16.1. The topological polar surface area (TPSA) is 66.7 Å². The van der Waals surface area contributed by atoms with Gasteiger partial charge in [-0.05, 0) is 19.1 Å². The van der Waals surface area contributed by atoms with Crippen LogP contribution in [0.3, 0.4) is 0 Å². The van der Waals surface area contributed by atoms with Crippen LogP contribution in [-0.2, 0) is 9.59 Å². The Labute approximate surface area is 129 Å². The number of rotatable bonds is 5. The second-order valence-corrected chi connectivity index (χ2v) is 5.00. The molecule has 0 fully saturated rings. The van der Waals surface area contributed by atoms with Crippen molar-refractivity contribution in [3.05, 3.63) is 42.2 Å². The van der Waals surface area contributed by atoms with Crippen LogP contribution in [-0.4, -0.2) is 30.6 Å². The Bertz CT molecular complexity index is 652. The Morgan fingerprint density at radius 2 is 1.91 bits per heavy atom. The number of carbonyl (C=O) groups is 2. The van der Waals surface area contributed by atoms with Crippen LogP contribution in [0, 0.1) is 6.92 Å². The van der Waals surface area contributed by atoms with Crippen LogP contribution in [0.4, 0.5) is 11.5 Å². The summed E-state index contributed by atoms with van der Waals surface area (Å²) < 4.78 is 4.98. The number of benzene rings is 1. The van der Waals surface area contributed by atoms with Gasteiger partial charge >= 0.3 is 0 Å². The highest BCUT2D eigenvalue weighted by molar-refractivity contribution is 5.95. The van der Waals surface area contributed by atoms with E-state index < -0.39 is 0 Å². The Kier molecular flexibility index (Phi) is 4.93. The maximum Gasteiger partial charge on any atom is 0.228 e. The van der Waals surface area contributed by atoms with E-state index in [1.165, 1.54) is 11.8 Å². The van der Waals surface area contributed by atoms with Crippen LogP contribution < -0.4 is 9.80 Å². The zero-order valence-electron chi connectivity index (χ0n) is 12.9. The molecule has 0 aliphatic carbocycles. The quantitative estimate of drug-likeness (QED) is 0.850. The molecule has 0 atom stereocenters. The minimum atomic E-state index is -0.177. The normalized spacial score (nSPS) is 10.3. The van der Waals surface area contributed by atoms with Crippen molar-refractivity contribution in [2.75, 3.05) is 23.4 Å². The van der Waals surface area contributed by atoms with Gasteiger partial charge in [-0.1, -0.05) is 23.4 Å². The third-order valence-corrected chi connectivity index (χ3v) is 3.34. The predicted molar refractivity (Wildman–Crippen MR) is 83.7 cm³/mol. The molecule has 2 rings (SSSR count). The number of hydrogen-bond donors (Lipinski definition) is 0. The molecule has 116 valence electrons. The number of carbonyl (C=O) groups excluding carboxylic acids is 2. The van der Waals surface area contributed by atoms with Gasteiger partial charge in [0.1, 0.15) is 5.76 Å². The molecular formula is C16H19N3O3. The summed E-state index contributed by atoms with van der Waals surface area (Å²) >= 11 is 0. The maximum atomic E-state index is 12.3. The molecule has 22 heavy (non-hydrogen) atoms. The summed E-state index contributed by atoms with van der Waals surface area (Å²) in [6.07, 6.45) is 0.205. The number of aromatic nitrogens is 1. The number of nitrogens with zero attached hydrogens (tertiary/aromatic N) is 3. The van der Waals surface area contributed by atoms with Gasteiger partial charge in [0.25, 0.3) is 0 Å². The molecule has 6 heteroatoms. The van der Waals surface area contributed by atoms with E-state index in [9.17, 15) is 9.59 Å². The van der Waals surface area contributed by atoms with Crippen molar-refractivity contribution in [3.8, 4) is 0 Å². The lowest BCUT2D eigenvalue weighted by atomic mass is 10.2. The van der Waals surface area contributed by atoms with Crippen molar-refractivity contribution in [1.29, 1.82) is 0 Å². The first-order chi connectivity index (χ1) is 10.5. The van der Waals surface area contributed by atoms with Crippen LogP contribution >= 0.6 is 0 Å². The summed E-state index contributed by atoms with van der Waals surface area (Å²) in [6.45, 7) is 3.45. The SMILES string of the molecule is CC(=O)N(CCC(=O)N(C)c1ccccc1)c1cc(C)on1. The molecule has 2 amide bonds. The van der Waals surface area contributed by atoms with Crippen molar-refractivity contribution < 1.29 is 14.1 Å². The van der Waals surface area contributed by atoms with Crippen LogP contribution in [0.25, 0.3) is 0 Å². The van der Waals surface area contributed by atoms with E-state index >= 15 is 0 Å². The smallest absolute Gasteiger partial charge is 0.228 e. The predicted octanol–water partition coefficient (Wildman–Crippen LogP) is 2.39. The lowest BCUT2D eigenvalue weighted by Crippen LogP contribution is -2.34. The first-order valence-electron chi connectivity index (χ1n) is 7.02. The second-order valence-electron chi connectivity index (χ2n) is 5.00. The summed E-state index contributed by atoms with van der Waals surface area (Å²) in [7, 11) is 1.72. The third-order valence-electron chi connectivity index (χ3n) is 3.34. The van der Waals surface area contributed by atoms with E-state index in [4.69, 9.17) is 4.52 Å². The first kappa shape index (κ1) is 15.8. The summed E-state index contributed by atoms with van der Waals surface area (Å²) in [5, 5.41) is 3.82. The van der Waals surface area contributed by atoms with Crippen LogP contribution in [0.5, 0.6) is 0 Å². The summed E-state index contributed by atoms with van der Waals surface area (Å²) in [6, 6.07) is 11.0. The number of aryl methyl sites for hydroxylation is 1. The van der Waals surface area contributed by atoms with Crippen molar-refractivity contribution in [2.24, 2.45) is 0 Å². The largest absolute Gasteiger partial charge is 0.360 e. The standard InChI is InChI=1S/C16H19N3O3/c1-12-11-15(17-22-12)19(13(2)20)10-9-16(21)18(3)14-7-5-4-6-8-14/h4-8,11H,9-10H2,1-3H3. The minimum absolute atomic E-state index is 0.0716. The highest BCUT2D eigenvalue weighted by Crippen LogP contribution is 2.16. The van der Waals surface area contributed by atoms with Gasteiger partial charge in [-0.3, -0.25) is 14.5 Å². The maximum absolute atomic E-state index is 12.3. The van der Waals surface area contributed by atoms with Gasteiger partial charge in [-0.15, -0.1) is 0 Å². The molecule has 0 aliphatic heterocycles. The lowest BCUT2D eigenvalue weighted by molar-refractivity contribution is -0.118. The van der Waals surface area contributed by atoms with E-state index in [2.05, 4.69) is 5.16 Å². The second kappa shape index (κ2) is 6.89. The summed E-state index contributed by atoms with van der Waals surface area (Å²) in [4.78, 5) is 27.0. The Morgan fingerprint density at radius 3 is 2.45 bits per heavy atom. The monoisotopic (exact) mass is 301 g/mol. The van der Waals surface area contributed by atoms with Gasteiger partial charge in [-0.2, -0.15) is 0 Å². The molecule has 0 unspecified atom stereocenters. The van der Waals surface area contributed by atoms with Crippen molar-refractivity contribution >= 4 is 23.3 Å². The molecule has 0 aliphatic rings. The molecule has 0 N–H and O–H groups in total. The van der Waals surface area contributed by atoms with Gasteiger partial charge < -0.3 is 9.42 Å². The molecule has 0 spiro atoms. The van der Waals surface area contributed by atoms with E-state index in [1.807, 2.05) is 30.3 Å². The molecular weight excluding hydrogens is 282 g/mol. The number of amides is 2. The van der Waals surface area contributed by atoms with Crippen LogP contribution in [0.15, 0.2) is 40.9 Å². The van der Waals surface area contributed by atoms with Gasteiger partial charge in [0, 0.05) is 38.7 Å². The average Bonchev–Trinajstić information content (AvgIpc) is 2.93. The number of para-hydroxylation sites is 1. The van der Waals surface area contributed by atoms with Crippen molar-refractivity contribution in [1.82, 2.24) is 5.16 Å². The van der Waals surface area contributed by atoms with E-state index in [0.717, 1.165) is 5.69 Å². The number of anilines is 2. The van der Waals surface area contributed by atoms with Crippen molar-refractivity contribution in [3.63, 3.8) is 0 Å². The summed E-state index contributed by atoms with van der Waals surface area (Å²) in [5.41, 5.74) is 0.819. The Balaban J connectivity index is 2.00. The fourth-order valence-electron chi connectivity index (χ4n) is 2.08.